The predicted molar refractivity (Wildman–Crippen MR) is 57.3 cm³/mol. The highest BCUT2D eigenvalue weighted by atomic mass is 16.3. The molecule has 3 heteroatoms. The summed E-state index contributed by atoms with van der Waals surface area (Å²) in [5.41, 5.74) is 2.58. The van der Waals surface area contributed by atoms with E-state index < -0.39 is 6.10 Å². The van der Waals surface area contributed by atoms with Gasteiger partial charge in [-0.3, -0.25) is 9.97 Å². The van der Waals surface area contributed by atoms with Gasteiger partial charge in [0, 0.05) is 12.4 Å². The zero-order valence-electron chi connectivity index (χ0n) is 8.46. The van der Waals surface area contributed by atoms with Crippen LogP contribution in [0.3, 0.4) is 0 Å². The lowest BCUT2D eigenvalue weighted by Crippen LogP contribution is -2.02. The van der Waals surface area contributed by atoms with Gasteiger partial charge in [-0.15, -0.1) is 0 Å². The van der Waals surface area contributed by atoms with Crippen molar-refractivity contribution < 1.29 is 5.11 Å². The maximum atomic E-state index is 9.98. The number of hydrogen-bond donors (Lipinski definition) is 1. The molecule has 3 nitrogen and oxygen atoms in total. The average Bonchev–Trinajstić information content (AvgIpc) is 2.30. The minimum Gasteiger partial charge on any atom is -0.382 e. The lowest BCUT2D eigenvalue weighted by molar-refractivity contribution is 0.215. The fraction of sp³-hybridized carbons (Fsp3) is 0.167. The number of benzene rings is 1. The number of nitrogens with zero attached hydrogens (tertiary/aromatic N) is 2. The predicted octanol–water partition coefficient (Wildman–Crippen LogP) is 1.87. The van der Waals surface area contributed by atoms with Crippen molar-refractivity contribution in [3.63, 3.8) is 0 Å². The molecule has 0 radical (unpaired) electrons. The van der Waals surface area contributed by atoms with E-state index in [-0.39, 0.29) is 0 Å². The van der Waals surface area contributed by atoms with Crippen LogP contribution in [0.5, 0.6) is 0 Å². The van der Waals surface area contributed by atoms with Crippen molar-refractivity contribution in [2.24, 2.45) is 0 Å². The summed E-state index contributed by atoms with van der Waals surface area (Å²) in [5.74, 6) is 0. The standard InChI is InChI=1S/C12H12N2O/c1-9-2-4-10(5-3-9)12(15)11-8-13-6-7-14-11/h2-8,12,15H,1H3. The number of aryl methyl sites for hydroxylation is 1. The molecule has 1 aromatic heterocycles. The van der Waals surface area contributed by atoms with Crippen LogP contribution in [-0.4, -0.2) is 15.1 Å². The van der Waals surface area contributed by atoms with E-state index in [0.717, 1.165) is 5.56 Å². The largest absolute Gasteiger partial charge is 0.382 e. The van der Waals surface area contributed by atoms with Crippen molar-refractivity contribution in [3.05, 3.63) is 59.7 Å². The Kier molecular flexibility index (Phi) is 2.74. The van der Waals surface area contributed by atoms with Gasteiger partial charge >= 0.3 is 0 Å². The summed E-state index contributed by atoms with van der Waals surface area (Å²) in [7, 11) is 0. The average molecular weight is 200 g/mol. The van der Waals surface area contributed by atoms with Crippen LogP contribution >= 0.6 is 0 Å². The van der Waals surface area contributed by atoms with Gasteiger partial charge < -0.3 is 5.11 Å². The molecule has 0 fully saturated rings. The monoisotopic (exact) mass is 200 g/mol. The van der Waals surface area contributed by atoms with E-state index in [1.165, 1.54) is 5.56 Å². The fourth-order valence-electron chi connectivity index (χ4n) is 1.37. The van der Waals surface area contributed by atoms with Crippen LogP contribution in [0.1, 0.15) is 22.9 Å². The van der Waals surface area contributed by atoms with E-state index in [1.54, 1.807) is 18.6 Å². The Morgan fingerprint density at radius 3 is 2.47 bits per heavy atom. The van der Waals surface area contributed by atoms with Crippen molar-refractivity contribution in [2.75, 3.05) is 0 Å². The van der Waals surface area contributed by atoms with Crippen LogP contribution in [0.4, 0.5) is 0 Å². The number of aliphatic hydroxyl groups is 1. The van der Waals surface area contributed by atoms with Gasteiger partial charge in [0.15, 0.2) is 0 Å². The third-order valence-electron chi connectivity index (χ3n) is 2.26. The van der Waals surface area contributed by atoms with Crippen LogP contribution < -0.4 is 0 Å². The zero-order valence-corrected chi connectivity index (χ0v) is 8.46. The Hall–Kier alpha value is -1.74. The minimum atomic E-state index is -0.695. The molecule has 0 amide bonds. The van der Waals surface area contributed by atoms with Crippen molar-refractivity contribution in [3.8, 4) is 0 Å². The molecule has 0 aliphatic heterocycles. The third kappa shape index (κ3) is 2.19. The first-order chi connectivity index (χ1) is 7.27. The molecular formula is C12H12N2O. The van der Waals surface area contributed by atoms with Gasteiger partial charge in [0.25, 0.3) is 0 Å². The zero-order chi connectivity index (χ0) is 10.7. The lowest BCUT2D eigenvalue weighted by Gasteiger charge is -2.09. The summed E-state index contributed by atoms with van der Waals surface area (Å²) in [5, 5.41) is 9.98. The molecule has 76 valence electrons. The second kappa shape index (κ2) is 4.19. The van der Waals surface area contributed by atoms with Gasteiger partial charge in [0.2, 0.25) is 0 Å². The van der Waals surface area contributed by atoms with Gasteiger partial charge in [-0.05, 0) is 12.5 Å². The number of aromatic nitrogens is 2. The highest BCUT2D eigenvalue weighted by Crippen LogP contribution is 2.19. The number of aliphatic hydroxyl groups excluding tert-OH is 1. The summed E-state index contributed by atoms with van der Waals surface area (Å²) in [6.07, 6.45) is 4.04. The third-order valence-corrected chi connectivity index (χ3v) is 2.26. The molecule has 2 aromatic rings. The molecule has 2 rings (SSSR count). The number of rotatable bonds is 2. The second-order valence-electron chi connectivity index (χ2n) is 3.44. The molecule has 0 bridgehead atoms. The molecule has 0 aliphatic carbocycles. The summed E-state index contributed by atoms with van der Waals surface area (Å²) >= 11 is 0. The van der Waals surface area contributed by atoms with Gasteiger partial charge in [-0.2, -0.15) is 0 Å². The van der Waals surface area contributed by atoms with E-state index in [9.17, 15) is 5.11 Å². The quantitative estimate of drug-likeness (QED) is 0.804. The van der Waals surface area contributed by atoms with Crippen molar-refractivity contribution >= 4 is 0 Å². The molecular weight excluding hydrogens is 188 g/mol. The lowest BCUT2D eigenvalue weighted by atomic mass is 10.1. The van der Waals surface area contributed by atoms with Gasteiger partial charge in [-0.1, -0.05) is 29.8 Å². The maximum Gasteiger partial charge on any atom is 0.123 e. The molecule has 0 saturated heterocycles. The number of hydrogen-bond acceptors (Lipinski definition) is 3. The fourth-order valence-corrected chi connectivity index (χ4v) is 1.37. The topological polar surface area (TPSA) is 46.0 Å². The highest BCUT2D eigenvalue weighted by Gasteiger charge is 2.10. The van der Waals surface area contributed by atoms with Crippen LogP contribution in [-0.2, 0) is 0 Å². The van der Waals surface area contributed by atoms with Gasteiger partial charge in [0.1, 0.15) is 6.10 Å². The summed E-state index contributed by atoms with van der Waals surface area (Å²) in [6.45, 7) is 2.01. The smallest absolute Gasteiger partial charge is 0.123 e. The normalized spacial score (nSPS) is 12.4. The van der Waals surface area contributed by atoms with E-state index in [0.29, 0.717) is 5.69 Å². The summed E-state index contributed by atoms with van der Waals surface area (Å²) in [4.78, 5) is 7.99. The molecule has 0 spiro atoms. The molecule has 15 heavy (non-hydrogen) atoms. The van der Waals surface area contributed by atoms with Crippen LogP contribution in [0.25, 0.3) is 0 Å². The van der Waals surface area contributed by atoms with E-state index in [4.69, 9.17) is 0 Å². The molecule has 1 unspecified atom stereocenters. The first-order valence-electron chi connectivity index (χ1n) is 4.78. The van der Waals surface area contributed by atoms with Crippen molar-refractivity contribution in [2.45, 2.75) is 13.0 Å². The first-order valence-corrected chi connectivity index (χ1v) is 4.78. The highest BCUT2D eigenvalue weighted by molar-refractivity contribution is 5.27. The van der Waals surface area contributed by atoms with E-state index in [1.807, 2.05) is 31.2 Å². The Bertz CT molecular complexity index is 425. The van der Waals surface area contributed by atoms with Crippen LogP contribution in [0, 0.1) is 6.92 Å². The van der Waals surface area contributed by atoms with Crippen LogP contribution in [0.2, 0.25) is 0 Å². The molecule has 1 heterocycles. The van der Waals surface area contributed by atoms with E-state index in [2.05, 4.69) is 9.97 Å². The SMILES string of the molecule is Cc1ccc(C(O)c2cnccn2)cc1. The summed E-state index contributed by atoms with van der Waals surface area (Å²) in [6, 6.07) is 7.73. The minimum absolute atomic E-state index is 0.571. The maximum absolute atomic E-state index is 9.98. The van der Waals surface area contributed by atoms with Crippen molar-refractivity contribution in [1.29, 1.82) is 0 Å². The Morgan fingerprint density at radius 2 is 1.87 bits per heavy atom. The molecule has 0 aliphatic rings. The molecule has 1 atom stereocenters. The van der Waals surface area contributed by atoms with E-state index >= 15 is 0 Å². The summed E-state index contributed by atoms with van der Waals surface area (Å²) < 4.78 is 0. The second-order valence-corrected chi connectivity index (χ2v) is 3.44. The van der Waals surface area contributed by atoms with Gasteiger partial charge in [-0.25, -0.2) is 0 Å². The Balaban J connectivity index is 2.29. The van der Waals surface area contributed by atoms with Crippen LogP contribution in [0.15, 0.2) is 42.9 Å². The Morgan fingerprint density at radius 1 is 1.13 bits per heavy atom. The van der Waals surface area contributed by atoms with Crippen molar-refractivity contribution in [1.82, 2.24) is 9.97 Å². The first kappa shape index (κ1) is 9.80. The molecule has 1 aromatic carbocycles. The molecule has 1 N–H and O–H groups in total. The Labute approximate surface area is 88.5 Å². The molecule has 0 saturated carbocycles. The van der Waals surface area contributed by atoms with Gasteiger partial charge in [0.05, 0.1) is 11.9 Å².